The Morgan fingerprint density at radius 1 is 0.937 bits per heavy atom. The van der Waals surface area contributed by atoms with Crippen LogP contribution in [0.3, 0.4) is 0 Å². The number of nitrogen functional groups attached to an aromatic ring is 1. The number of anilines is 2. The number of rotatable bonds is 20. The van der Waals surface area contributed by atoms with E-state index >= 15 is 4.39 Å². The van der Waals surface area contributed by atoms with E-state index in [-0.39, 0.29) is 84.2 Å². The fourth-order valence-electron chi connectivity index (χ4n) is 11.8. The quantitative estimate of drug-likeness (QED) is 0.0403. The number of piperidine rings is 1. The van der Waals surface area contributed by atoms with Gasteiger partial charge < -0.3 is 46.1 Å². The number of nitrogens with one attached hydrogen (secondary N) is 3. The highest BCUT2D eigenvalue weighted by atomic mass is 32.2. The monoisotopic (exact) mass is 1100 g/mol. The smallest absolute Gasteiger partial charge is 0.305 e. The molecular formula is C58H75FN14O5S. The first kappa shape index (κ1) is 56.9. The number of benzene rings is 2. The summed E-state index contributed by atoms with van der Waals surface area (Å²) in [7, 11) is 3.37. The van der Waals surface area contributed by atoms with Crippen LogP contribution in [0.2, 0.25) is 0 Å². The maximum Gasteiger partial charge on any atom is 0.305 e. The largest absolute Gasteiger partial charge is 0.381 e. The molecule has 420 valence electrons. The van der Waals surface area contributed by atoms with Crippen LogP contribution in [-0.2, 0) is 27.5 Å². The number of nitrogens with two attached hydrogens (primary N) is 1. The van der Waals surface area contributed by atoms with Crippen molar-refractivity contribution in [1.82, 2.24) is 50.4 Å². The molecule has 19 nitrogen and oxygen atoms in total. The molecule has 7 heterocycles. The molecular weight excluding hydrogens is 1020 g/mol. The van der Waals surface area contributed by atoms with Crippen LogP contribution in [0, 0.1) is 25.2 Å². The van der Waals surface area contributed by atoms with Crippen molar-refractivity contribution in [2.45, 2.75) is 141 Å². The van der Waals surface area contributed by atoms with Gasteiger partial charge in [0.15, 0.2) is 17.4 Å². The second kappa shape index (κ2) is 26.0. The summed E-state index contributed by atoms with van der Waals surface area (Å²) >= 11 is 1.57. The normalized spacial score (nSPS) is 20.3. The second-order valence-electron chi connectivity index (χ2n) is 21.8. The molecule has 1 unspecified atom stereocenters. The van der Waals surface area contributed by atoms with Crippen molar-refractivity contribution >= 4 is 63.7 Å². The number of amides is 4. The summed E-state index contributed by atoms with van der Waals surface area (Å²) in [6.07, 6.45) is 12.5. The van der Waals surface area contributed by atoms with Crippen molar-refractivity contribution in [2.75, 3.05) is 69.8 Å². The van der Waals surface area contributed by atoms with Crippen LogP contribution in [0.15, 0.2) is 53.7 Å². The molecule has 9 rings (SSSR count). The zero-order valence-electron chi connectivity index (χ0n) is 46.0. The SMILES string of the molecule is [C-]#[N+]c1nn(CCNC(=O)CCCCCCCCN2CCC([C@@H](NC(=O)[C@@H](C)NC)C(=O)N3CCC[C@@H]3C3=NC(C(=O)c4ccc(C)cc4)CS3)CC2)c2c1-c1cnc(N)c(n1)N1CCC[C@@H]1c1cc(F)cc(c1)C(=O)N(C)C2. The number of carbonyl (C=O) groups excluding carboxylic acids is 5. The van der Waals surface area contributed by atoms with Gasteiger partial charge >= 0.3 is 5.82 Å². The van der Waals surface area contributed by atoms with E-state index in [1.165, 1.54) is 23.2 Å². The highest BCUT2D eigenvalue weighted by molar-refractivity contribution is 8.14. The summed E-state index contributed by atoms with van der Waals surface area (Å²) < 4.78 is 16.8. The molecule has 5 N–H and O–H groups in total. The Labute approximate surface area is 466 Å². The Balaban J connectivity index is 0.716. The van der Waals surface area contributed by atoms with Gasteiger partial charge in [-0.15, -0.1) is 11.8 Å². The Morgan fingerprint density at radius 3 is 2.43 bits per heavy atom. The highest BCUT2D eigenvalue weighted by Gasteiger charge is 2.43. The number of likely N-dealkylation sites (tertiary alicyclic amines) is 2. The molecule has 5 atom stereocenters. The molecule has 4 bridgehead atoms. The number of hydrogen-bond acceptors (Lipinski definition) is 14. The van der Waals surface area contributed by atoms with E-state index in [9.17, 15) is 24.0 Å². The third-order valence-corrected chi connectivity index (χ3v) is 17.5. The summed E-state index contributed by atoms with van der Waals surface area (Å²) in [6, 6.07) is 9.98. The molecule has 4 amide bonds. The Hall–Kier alpha value is -6.76. The van der Waals surface area contributed by atoms with E-state index in [0.717, 1.165) is 101 Å². The minimum absolute atomic E-state index is 0.000591. The first-order valence-corrected chi connectivity index (χ1v) is 29.2. The number of aliphatic imine (C=N–C) groups is 1. The number of aryl methyl sites for hydroxylation is 1. The predicted molar refractivity (Wildman–Crippen MR) is 304 cm³/mol. The standard InChI is InChI=1S/C58H75FN14O5S/c1-36-17-19-39(20-18-36)51(75)44-35-79-56(66-44)46-15-13-26-72(46)58(78)50(67-55(76)37(2)61-3)38-21-27-70(28-22-38)24-11-9-7-6-8-10-16-48(74)63-23-29-73-47-34-69(5)57(77)41-30-40(31-42(59)32-41)45-14-12-25-71(45)54-52(60)64-33-43(65-54)49(47)53(62-4)68-73/h17-20,30-33,37-38,44-46,50,61H,6-16,21-29,34-35H2,1-3,5H3,(H2,60,64)(H,63,74)(H,67,76)/t37-,44?,45-,46-,50-/m1/s1. The zero-order valence-corrected chi connectivity index (χ0v) is 46.8. The number of fused-ring (bicyclic) bond motifs is 9. The lowest BCUT2D eigenvalue weighted by molar-refractivity contribution is -0.138. The summed E-state index contributed by atoms with van der Waals surface area (Å²) in [5.74, 6) is 0.0534. The Bertz CT molecular complexity index is 2950. The predicted octanol–water partition coefficient (Wildman–Crippen LogP) is 6.89. The van der Waals surface area contributed by atoms with Crippen LogP contribution in [0.4, 0.5) is 21.8 Å². The van der Waals surface area contributed by atoms with E-state index in [4.69, 9.17) is 22.3 Å². The third-order valence-electron chi connectivity index (χ3n) is 16.4. The minimum Gasteiger partial charge on any atom is -0.381 e. The van der Waals surface area contributed by atoms with E-state index in [1.807, 2.05) is 41.0 Å². The molecule has 5 aliphatic rings. The van der Waals surface area contributed by atoms with Crippen molar-refractivity contribution in [3.05, 3.63) is 93.8 Å². The van der Waals surface area contributed by atoms with Gasteiger partial charge in [0.1, 0.15) is 17.9 Å². The topological polar surface area (TPSA) is 221 Å². The summed E-state index contributed by atoms with van der Waals surface area (Å²) in [5.41, 5.74) is 10.4. The van der Waals surface area contributed by atoms with Crippen LogP contribution in [0.1, 0.15) is 134 Å². The average Bonchev–Trinajstić information content (AvgIpc) is 4.32. The van der Waals surface area contributed by atoms with Crippen molar-refractivity contribution in [1.29, 1.82) is 0 Å². The second-order valence-corrected chi connectivity index (χ2v) is 22.9. The number of aromatic nitrogens is 4. The number of halogens is 1. The zero-order chi connectivity index (χ0) is 55.7. The van der Waals surface area contributed by atoms with Crippen molar-refractivity contribution in [3.8, 4) is 11.3 Å². The van der Waals surface area contributed by atoms with Crippen LogP contribution in [0.5, 0.6) is 0 Å². The van der Waals surface area contributed by atoms with Crippen molar-refractivity contribution < 1.29 is 28.4 Å². The number of likely N-dealkylation sites (N-methyl/N-ethyl adjacent to an activating group) is 1. The van der Waals surface area contributed by atoms with Crippen molar-refractivity contribution in [3.63, 3.8) is 0 Å². The van der Waals surface area contributed by atoms with Gasteiger partial charge in [0.2, 0.25) is 17.7 Å². The van der Waals surface area contributed by atoms with Crippen LogP contribution < -0.4 is 26.6 Å². The number of hydrogen-bond donors (Lipinski definition) is 4. The number of unbranched alkanes of at least 4 members (excludes halogenated alkanes) is 5. The lowest BCUT2D eigenvalue weighted by Crippen LogP contribution is -2.58. The lowest BCUT2D eigenvalue weighted by atomic mass is 9.88. The molecule has 0 aliphatic carbocycles. The molecule has 2 aromatic carbocycles. The fraction of sp³-hybridized carbons (Fsp3) is 0.552. The van der Waals surface area contributed by atoms with Crippen LogP contribution in [-0.4, -0.2) is 152 Å². The maximum absolute atomic E-state index is 15.1. The van der Waals surface area contributed by atoms with Gasteiger partial charge in [0.25, 0.3) is 5.91 Å². The highest BCUT2D eigenvalue weighted by Crippen LogP contribution is 2.41. The number of carbonyl (C=O) groups is 5. The molecule has 4 aromatic rings. The molecule has 3 saturated heterocycles. The Morgan fingerprint density at radius 2 is 1.67 bits per heavy atom. The number of Topliss-reactive ketones (excluding diaryl/α,β-unsaturated/α-hetero) is 1. The third kappa shape index (κ3) is 13.3. The van der Waals surface area contributed by atoms with Crippen LogP contribution >= 0.6 is 11.8 Å². The molecule has 0 radical (unpaired) electrons. The van der Waals surface area contributed by atoms with Crippen molar-refractivity contribution in [2.24, 2.45) is 10.9 Å². The molecule has 0 saturated carbocycles. The maximum atomic E-state index is 15.1. The molecule has 3 fully saturated rings. The fourth-order valence-corrected chi connectivity index (χ4v) is 13.0. The van der Waals surface area contributed by atoms with E-state index in [2.05, 4.69) is 35.8 Å². The summed E-state index contributed by atoms with van der Waals surface area (Å²) in [5, 5.41) is 14.7. The molecule has 79 heavy (non-hydrogen) atoms. The summed E-state index contributed by atoms with van der Waals surface area (Å²) in [6.45, 7) is 16.2. The van der Waals surface area contributed by atoms with E-state index in [0.29, 0.717) is 65.6 Å². The molecule has 2 aromatic heterocycles. The van der Waals surface area contributed by atoms with Crippen LogP contribution in [0.25, 0.3) is 16.1 Å². The molecule has 0 spiro atoms. The first-order valence-electron chi connectivity index (χ1n) is 28.2. The van der Waals surface area contributed by atoms with Gasteiger partial charge in [-0.25, -0.2) is 14.4 Å². The van der Waals surface area contributed by atoms with Gasteiger partial charge in [-0.1, -0.05) is 62.1 Å². The number of ketones is 1. The van der Waals surface area contributed by atoms with Gasteiger partial charge in [0, 0.05) is 50.0 Å². The Kier molecular flexibility index (Phi) is 18.7. The number of nitrogens with zero attached hydrogens (tertiary/aromatic N) is 10. The van der Waals surface area contributed by atoms with Gasteiger partial charge in [-0.05, 0) is 127 Å². The van der Waals surface area contributed by atoms with E-state index in [1.54, 1.807) is 43.5 Å². The van der Waals surface area contributed by atoms with Gasteiger partial charge in [-0.3, -0.25) is 29.0 Å². The van der Waals surface area contributed by atoms with Gasteiger partial charge in [0.05, 0.1) is 59.4 Å². The summed E-state index contributed by atoms with van der Waals surface area (Å²) in [4.78, 5) is 94.1. The lowest BCUT2D eigenvalue weighted by Gasteiger charge is -2.38. The molecule has 21 heteroatoms. The van der Waals surface area contributed by atoms with Gasteiger partial charge in [-0.2, -0.15) is 4.68 Å². The minimum atomic E-state index is -0.641. The number of thioether (sulfide) groups is 1. The van der Waals surface area contributed by atoms with E-state index < -0.39 is 23.9 Å². The average molecular weight is 1100 g/mol. The molecule has 5 aliphatic heterocycles. The first-order chi connectivity index (χ1) is 38.2.